The number of piperidine rings is 1. The van der Waals surface area contributed by atoms with Crippen LogP contribution < -0.4 is 0 Å². The molecule has 2 heterocycles. The highest BCUT2D eigenvalue weighted by Crippen LogP contribution is 2.32. The molecule has 2 atom stereocenters. The fourth-order valence-corrected chi connectivity index (χ4v) is 7.06. The number of methoxy groups -OCH3 is 1. The third kappa shape index (κ3) is 7.55. The van der Waals surface area contributed by atoms with Crippen molar-refractivity contribution < 1.29 is 19.4 Å². The average molecular weight is 627 g/mol. The summed E-state index contributed by atoms with van der Waals surface area (Å²) in [6, 6.07) is 20.5. The van der Waals surface area contributed by atoms with Crippen LogP contribution in [-0.4, -0.2) is 74.8 Å². The lowest BCUT2D eigenvalue weighted by atomic mass is 9.93. The molecule has 1 saturated heterocycles. The highest BCUT2D eigenvalue weighted by Gasteiger charge is 2.37. The highest BCUT2D eigenvalue weighted by atomic mass is 16.5. The van der Waals surface area contributed by atoms with Crippen molar-refractivity contribution in [3.05, 3.63) is 77.6 Å². The van der Waals surface area contributed by atoms with Gasteiger partial charge >= 0.3 is 6.09 Å². The maximum absolute atomic E-state index is 14.1. The zero-order valence-corrected chi connectivity index (χ0v) is 28.3. The van der Waals surface area contributed by atoms with Crippen LogP contribution in [-0.2, 0) is 22.5 Å². The first kappa shape index (κ1) is 33.5. The Morgan fingerprint density at radius 2 is 1.83 bits per heavy atom. The molecule has 0 bridgehead atoms. The Hall–Kier alpha value is -3.91. The zero-order valence-electron chi connectivity index (χ0n) is 28.3. The van der Waals surface area contributed by atoms with Crippen molar-refractivity contribution in [3.8, 4) is 0 Å². The van der Waals surface area contributed by atoms with Gasteiger partial charge in [0.05, 0.1) is 11.0 Å². The van der Waals surface area contributed by atoms with Crippen LogP contribution in [0.4, 0.5) is 4.79 Å². The Labute approximate surface area is 273 Å². The Bertz CT molecular complexity index is 1670. The molecule has 8 nitrogen and oxygen atoms in total. The molecule has 1 N–H and O–H groups in total. The van der Waals surface area contributed by atoms with Crippen molar-refractivity contribution in [1.29, 1.82) is 0 Å². The summed E-state index contributed by atoms with van der Waals surface area (Å²) in [5.74, 6) is 1.54. The van der Waals surface area contributed by atoms with Crippen molar-refractivity contribution in [2.75, 3.05) is 26.8 Å². The lowest BCUT2D eigenvalue weighted by molar-refractivity contribution is -0.134. The minimum absolute atomic E-state index is 0.00451. The maximum Gasteiger partial charge on any atom is 0.408 e. The summed E-state index contributed by atoms with van der Waals surface area (Å²) in [5.41, 5.74) is 3.76. The minimum Gasteiger partial charge on any atom is -0.465 e. The number of hydrogen-bond donors (Lipinski definition) is 1. The number of imidazole rings is 1. The molecule has 1 aliphatic heterocycles. The molecule has 0 spiro atoms. The summed E-state index contributed by atoms with van der Waals surface area (Å²) in [6.45, 7) is 12.8. The molecule has 1 aromatic heterocycles. The number of benzene rings is 3. The van der Waals surface area contributed by atoms with E-state index in [2.05, 4.69) is 66.9 Å². The van der Waals surface area contributed by atoms with E-state index in [-0.39, 0.29) is 18.2 Å². The Morgan fingerprint density at radius 3 is 2.52 bits per heavy atom. The van der Waals surface area contributed by atoms with Crippen molar-refractivity contribution in [3.63, 3.8) is 0 Å². The van der Waals surface area contributed by atoms with Gasteiger partial charge in [0.25, 0.3) is 0 Å². The summed E-state index contributed by atoms with van der Waals surface area (Å²) < 4.78 is 7.72. The summed E-state index contributed by atoms with van der Waals surface area (Å²) >= 11 is 0. The summed E-state index contributed by atoms with van der Waals surface area (Å²) in [4.78, 5) is 35.3. The van der Waals surface area contributed by atoms with E-state index in [1.165, 1.54) is 10.5 Å². The van der Waals surface area contributed by atoms with Crippen LogP contribution in [0.1, 0.15) is 89.1 Å². The van der Waals surface area contributed by atoms with Crippen LogP contribution in [0.25, 0.3) is 21.8 Å². The second-order valence-corrected chi connectivity index (χ2v) is 14.1. The molecule has 4 aromatic rings. The predicted octanol–water partition coefficient (Wildman–Crippen LogP) is 7.84. The number of carboxylic acid groups (broad SMARTS) is 1. The van der Waals surface area contributed by atoms with E-state index in [4.69, 9.17) is 9.72 Å². The van der Waals surface area contributed by atoms with Gasteiger partial charge in [0.15, 0.2) is 0 Å². The van der Waals surface area contributed by atoms with Crippen LogP contribution in [0.2, 0.25) is 0 Å². The fraction of sp³-hybridized carbons (Fsp3) is 0.500. The number of carbonyl (C=O) groups is 2. The largest absolute Gasteiger partial charge is 0.465 e. The van der Waals surface area contributed by atoms with Crippen molar-refractivity contribution in [2.24, 2.45) is 0 Å². The maximum atomic E-state index is 14.1. The van der Waals surface area contributed by atoms with Gasteiger partial charge in [-0.3, -0.25) is 9.69 Å². The molecule has 0 unspecified atom stereocenters. The average Bonchev–Trinajstić information content (AvgIpc) is 3.38. The van der Waals surface area contributed by atoms with E-state index >= 15 is 0 Å². The first-order valence-electron chi connectivity index (χ1n) is 16.7. The number of carbonyl (C=O) groups excluding carboxylic acids is 1. The fourth-order valence-electron chi connectivity index (χ4n) is 7.06. The zero-order chi connectivity index (χ0) is 33.0. The highest BCUT2D eigenvalue weighted by molar-refractivity contribution is 5.83. The summed E-state index contributed by atoms with van der Waals surface area (Å²) in [6.07, 6.45) is 2.30. The van der Waals surface area contributed by atoms with Gasteiger partial charge in [0, 0.05) is 57.3 Å². The molecular formula is C38H50N4O4. The van der Waals surface area contributed by atoms with Gasteiger partial charge in [0.1, 0.15) is 5.82 Å². The van der Waals surface area contributed by atoms with E-state index in [0.29, 0.717) is 32.0 Å². The van der Waals surface area contributed by atoms with Gasteiger partial charge in [0.2, 0.25) is 5.91 Å². The number of rotatable bonds is 11. The van der Waals surface area contributed by atoms with Crippen LogP contribution in [0.5, 0.6) is 0 Å². The van der Waals surface area contributed by atoms with Gasteiger partial charge < -0.3 is 19.3 Å². The second-order valence-electron chi connectivity index (χ2n) is 14.1. The number of hydrogen-bond acceptors (Lipinski definition) is 4. The molecule has 246 valence electrons. The van der Waals surface area contributed by atoms with E-state index in [0.717, 1.165) is 59.0 Å². The summed E-state index contributed by atoms with van der Waals surface area (Å²) in [7, 11) is 1.73. The first-order chi connectivity index (χ1) is 22.0. The van der Waals surface area contributed by atoms with Gasteiger partial charge in [-0.2, -0.15) is 0 Å². The van der Waals surface area contributed by atoms with E-state index < -0.39 is 17.7 Å². The number of likely N-dealkylation sites (tertiary alicyclic amines) is 1. The quantitative estimate of drug-likeness (QED) is 0.171. The molecule has 1 aliphatic rings. The number of nitrogens with zero attached hydrogens (tertiary/aromatic N) is 4. The van der Waals surface area contributed by atoms with E-state index in [1.54, 1.807) is 7.11 Å². The molecule has 0 saturated carbocycles. The van der Waals surface area contributed by atoms with E-state index in [9.17, 15) is 14.7 Å². The molecule has 5 rings (SSSR count). The number of aryl methyl sites for hydroxylation is 1. The normalized spacial score (nSPS) is 16.3. The number of fused-ring (bicyclic) bond motifs is 2. The first-order valence-corrected chi connectivity index (χ1v) is 16.7. The third-order valence-corrected chi connectivity index (χ3v) is 9.33. The summed E-state index contributed by atoms with van der Waals surface area (Å²) in [5, 5.41) is 12.6. The van der Waals surface area contributed by atoms with Gasteiger partial charge in [-0.15, -0.1) is 0 Å². The SMILES string of the molecule is COCCCn1c([C@@H]2CCCN(C(=O)C[C@@H](Cc3ccc4ccccc4c3)N(C(=O)O)C(C)(C)C)C2)nc2ccc(C(C)C)cc21. The van der Waals surface area contributed by atoms with Gasteiger partial charge in [-0.25, -0.2) is 9.78 Å². The molecule has 2 amide bonds. The number of ether oxygens (including phenoxy) is 1. The number of amides is 2. The number of aromatic nitrogens is 2. The van der Waals surface area contributed by atoms with Crippen LogP contribution in [0.3, 0.4) is 0 Å². The molecule has 0 aliphatic carbocycles. The smallest absolute Gasteiger partial charge is 0.408 e. The monoisotopic (exact) mass is 626 g/mol. The third-order valence-electron chi connectivity index (χ3n) is 9.33. The molecule has 1 fully saturated rings. The Balaban J connectivity index is 1.41. The lowest BCUT2D eigenvalue weighted by Crippen LogP contribution is -2.54. The molecule has 0 radical (unpaired) electrons. The van der Waals surface area contributed by atoms with Crippen LogP contribution in [0, 0.1) is 0 Å². The van der Waals surface area contributed by atoms with Crippen LogP contribution in [0.15, 0.2) is 60.7 Å². The minimum atomic E-state index is -1.01. The standard InChI is InChI=1S/C38H50N4O4/c1-26(2)29-16-17-33-34(23-29)41(19-10-20-46-6)36(39-33)31-13-9-18-40(25-31)35(43)24-32(42(37(44)45)38(3,4)5)22-27-14-15-28-11-7-8-12-30(28)21-27/h7-8,11-12,14-17,21,23,26,31-32H,9-10,13,18-20,22,24-25H2,1-6H3,(H,44,45)/t31-,32-/m1/s1. The molecular weight excluding hydrogens is 576 g/mol. The van der Waals surface area contributed by atoms with Gasteiger partial charge in [-0.05, 0) is 86.4 Å². The lowest BCUT2D eigenvalue weighted by Gasteiger charge is -2.41. The van der Waals surface area contributed by atoms with Crippen LogP contribution >= 0.6 is 0 Å². The Kier molecular flexibility index (Phi) is 10.4. The second kappa shape index (κ2) is 14.2. The van der Waals surface area contributed by atoms with Crippen molar-refractivity contribution >= 4 is 33.8 Å². The predicted molar refractivity (Wildman–Crippen MR) is 185 cm³/mol. The Morgan fingerprint density at radius 1 is 1.07 bits per heavy atom. The molecule has 46 heavy (non-hydrogen) atoms. The molecule has 8 heteroatoms. The topological polar surface area (TPSA) is 87.9 Å². The van der Waals surface area contributed by atoms with Crippen molar-refractivity contribution in [2.45, 2.75) is 96.7 Å². The van der Waals surface area contributed by atoms with Crippen molar-refractivity contribution in [1.82, 2.24) is 19.4 Å². The molecule has 3 aromatic carbocycles. The van der Waals surface area contributed by atoms with E-state index in [1.807, 2.05) is 37.8 Å². The van der Waals surface area contributed by atoms with Gasteiger partial charge in [-0.1, -0.05) is 62.4 Å².